The zero-order valence-corrected chi connectivity index (χ0v) is 10.8. The third kappa shape index (κ3) is 5.72. The van der Waals surface area contributed by atoms with Crippen LogP contribution in [0.4, 0.5) is 0 Å². The molecule has 0 aromatic rings. The van der Waals surface area contributed by atoms with Gasteiger partial charge in [0.1, 0.15) is 0 Å². The maximum absolute atomic E-state index is 11.6. The van der Waals surface area contributed by atoms with Crippen molar-refractivity contribution >= 4 is 27.7 Å². The predicted octanol–water partition coefficient (Wildman–Crippen LogP) is 0.0669. The molecule has 1 atom stereocenters. The largest absolute Gasteiger partial charge is 0.355 e. The lowest BCUT2D eigenvalue weighted by atomic mass is 10.2. The van der Waals surface area contributed by atoms with E-state index in [0.29, 0.717) is 13.0 Å². The first-order chi connectivity index (χ1) is 7.49. The lowest BCUT2D eigenvalue weighted by molar-refractivity contribution is -0.120. The highest BCUT2D eigenvalue weighted by Crippen LogP contribution is 2.24. The predicted molar refractivity (Wildman–Crippen MR) is 65.7 cm³/mol. The highest BCUT2D eigenvalue weighted by atomic mass is 32.2. The van der Waals surface area contributed by atoms with Crippen molar-refractivity contribution < 1.29 is 13.2 Å². The maximum atomic E-state index is 11.6. The van der Waals surface area contributed by atoms with E-state index >= 15 is 0 Å². The van der Waals surface area contributed by atoms with Crippen LogP contribution in [0.5, 0.6) is 0 Å². The number of sulfonamides is 1. The van der Waals surface area contributed by atoms with Crippen LogP contribution in [0.3, 0.4) is 0 Å². The van der Waals surface area contributed by atoms with Crippen LogP contribution in [-0.4, -0.2) is 37.6 Å². The zero-order valence-electron chi connectivity index (χ0n) is 9.15. The Hall–Kier alpha value is -0.270. The van der Waals surface area contributed by atoms with E-state index in [-0.39, 0.29) is 16.9 Å². The molecule has 3 N–H and O–H groups in total. The standard InChI is InChI=1S/C9H18N2O3S2/c10-16(13,14)7-3-5-11-9(12)8-4-1-2-6-15-8/h8H,1-7H2,(H,11,12)(H2,10,13,14). The Morgan fingerprint density at radius 2 is 2.19 bits per heavy atom. The number of hydrogen-bond acceptors (Lipinski definition) is 4. The van der Waals surface area contributed by atoms with Gasteiger partial charge in [-0.1, -0.05) is 6.42 Å². The molecule has 1 saturated heterocycles. The summed E-state index contributed by atoms with van der Waals surface area (Å²) in [6.45, 7) is 0.381. The summed E-state index contributed by atoms with van der Waals surface area (Å²) in [7, 11) is -3.40. The van der Waals surface area contributed by atoms with Crippen molar-refractivity contribution in [3.63, 3.8) is 0 Å². The second-order valence-corrected chi connectivity index (χ2v) is 6.91. The molecular weight excluding hydrogens is 248 g/mol. The quantitative estimate of drug-likeness (QED) is 0.689. The minimum absolute atomic E-state index is 0.0270. The van der Waals surface area contributed by atoms with Gasteiger partial charge in [0.05, 0.1) is 11.0 Å². The summed E-state index contributed by atoms with van der Waals surface area (Å²) in [5.41, 5.74) is 0. The van der Waals surface area contributed by atoms with Crippen LogP contribution < -0.4 is 10.5 Å². The number of amides is 1. The normalized spacial score (nSPS) is 21.7. The Labute approximate surface area is 101 Å². The Morgan fingerprint density at radius 1 is 1.44 bits per heavy atom. The van der Waals surface area contributed by atoms with Gasteiger partial charge in [-0.15, -0.1) is 11.8 Å². The Bertz CT molecular complexity index is 324. The van der Waals surface area contributed by atoms with E-state index in [1.165, 1.54) is 6.42 Å². The van der Waals surface area contributed by atoms with E-state index in [1.54, 1.807) is 11.8 Å². The number of thioether (sulfide) groups is 1. The number of nitrogens with two attached hydrogens (primary N) is 1. The maximum Gasteiger partial charge on any atom is 0.233 e. The number of nitrogens with one attached hydrogen (secondary N) is 1. The highest BCUT2D eigenvalue weighted by Gasteiger charge is 2.21. The highest BCUT2D eigenvalue weighted by molar-refractivity contribution is 8.00. The fraction of sp³-hybridized carbons (Fsp3) is 0.889. The van der Waals surface area contributed by atoms with Gasteiger partial charge in [-0.3, -0.25) is 4.79 Å². The van der Waals surface area contributed by atoms with Gasteiger partial charge >= 0.3 is 0 Å². The van der Waals surface area contributed by atoms with Gasteiger partial charge in [-0.05, 0) is 25.0 Å². The monoisotopic (exact) mass is 266 g/mol. The molecule has 0 saturated carbocycles. The van der Waals surface area contributed by atoms with E-state index in [2.05, 4.69) is 5.32 Å². The molecule has 1 unspecified atom stereocenters. The Balaban J connectivity index is 2.14. The van der Waals surface area contributed by atoms with Gasteiger partial charge in [0.25, 0.3) is 0 Å². The molecule has 0 radical (unpaired) electrons. The number of carbonyl (C=O) groups excluding carboxylic acids is 1. The first-order valence-corrected chi connectivity index (χ1v) is 8.15. The van der Waals surface area contributed by atoms with E-state index in [4.69, 9.17) is 5.14 Å². The summed E-state index contributed by atoms with van der Waals surface area (Å²) in [5.74, 6) is 0.986. The van der Waals surface area contributed by atoms with Gasteiger partial charge in [0.2, 0.25) is 15.9 Å². The fourth-order valence-electron chi connectivity index (χ4n) is 1.55. The Morgan fingerprint density at radius 3 is 2.75 bits per heavy atom. The van der Waals surface area contributed by atoms with E-state index in [0.717, 1.165) is 18.6 Å². The Kier molecular flexibility index (Phi) is 5.57. The molecule has 0 aliphatic carbocycles. The number of rotatable bonds is 5. The van der Waals surface area contributed by atoms with Crippen molar-refractivity contribution in [2.75, 3.05) is 18.1 Å². The summed E-state index contributed by atoms with van der Waals surface area (Å²) < 4.78 is 21.3. The summed E-state index contributed by atoms with van der Waals surface area (Å²) in [6.07, 6.45) is 3.58. The molecule has 1 aliphatic heterocycles. The van der Waals surface area contributed by atoms with E-state index in [9.17, 15) is 13.2 Å². The molecular formula is C9H18N2O3S2. The van der Waals surface area contributed by atoms with Gasteiger partial charge in [0, 0.05) is 6.54 Å². The van der Waals surface area contributed by atoms with Crippen LogP contribution in [0.25, 0.3) is 0 Å². The average molecular weight is 266 g/mol. The van der Waals surface area contributed by atoms with Crippen LogP contribution in [0.2, 0.25) is 0 Å². The topological polar surface area (TPSA) is 89.3 Å². The van der Waals surface area contributed by atoms with E-state index in [1.807, 2.05) is 0 Å². The molecule has 5 nitrogen and oxygen atoms in total. The molecule has 1 heterocycles. The molecule has 0 aromatic heterocycles. The molecule has 7 heteroatoms. The SMILES string of the molecule is NS(=O)(=O)CCCNC(=O)C1CCCCS1. The third-order valence-electron chi connectivity index (χ3n) is 2.38. The molecule has 94 valence electrons. The number of hydrogen-bond donors (Lipinski definition) is 2. The van der Waals surface area contributed by atoms with E-state index < -0.39 is 10.0 Å². The molecule has 0 aromatic carbocycles. The van der Waals surface area contributed by atoms with Crippen LogP contribution in [0.15, 0.2) is 0 Å². The molecule has 1 fully saturated rings. The van der Waals surface area contributed by atoms with Gasteiger partial charge in [0.15, 0.2) is 0 Å². The lowest BCUT2D eigenvalue weighted by Gasteiger charge is -2.20. The molecule has 1 rings (SSSR count). The molecule has 1 amide bonds. The smallest absolute Gasteiger partial charge is 0.233 e. The second kappa shape index (κ2) is 6.46. The van der Waals surface area contributed by atoms with Crippen molar-refractivity contribution in [3.05, 3.63) is 0 Å². The minimum atomic E-state index is -3.40. The fourth-order valence-corrected chi connectivity index (χ4v) is 3.32. The summed E-state index contributed by atoms with van der Waals surface area (Å²) in [6, 6.07) is 0. The second-order valence-electron chi connectivity index (χ2n) is 3.87. The first kappa shape index (κ1) is 13.8. The van der Waals surface area contributed by atoms with Gasteiger partial charge < -0.3 is 5.32 Å². The zero-order chi connectivity index (χ0) is 12.0. The average Bonchev–Trinajstić information content (AvgIpc) is 2.24. The van der Waals surface area contributed by atoms with Crippen molar-refractivity contribution in [3.8, 4) is 0 Å². The van der Waals surface area contributed by atoms with Crippen LogP contribution >= 0.6 is 11.8 Å². The first-order valence-electron chi connectivity index (χ1n) is 5.39. The number of carbonyl (C=O) groups is 1. The van der Waals surface area contributed by atoms with Crippen LogP contribution in [-0.2, 0) is 14.8 Å². The van der Waals surface area contributed by atoms with Crippen molar-refractivity contribution in [2.24, 2.45) is 5.14 Å². The minimum Gasteiger partial charge on any atom is -0.355 e. The van der Waals surface area contributed by atoms with Gasteiger partial charge in [-0.2, -0.15) is 0 Å². The van der Waals surface area contributed by atoms with Crippen LogP contribution in [0, 0.1) is 0 Å². The van der Waals surface area contributed by atoms with Crippen molar-refractivity contribution in [2.45, 2.75) is 30.9 Å². The molecule has 1 aliphatic rings. The molecule has 0 bridgehead atoms. The number of primary sulfonamides is 1. The van der Waals surface area contributed by atoms with Crippen molar-refractivity contribution in [1.29, 1.82) is 0 Å². The third-order valence-corrected chi connectivity index (χ3v) is 4.61. The van der Waals surface area contributed by atoms with Crippen LogP contribution in [0.1, 0.15) is 25.7 Å². The lowest BCUT2D eigenvalue weighted by Crippen LogP contribution is -2.35. The van der Waals surface area contributed by atoms with Crippen molar-refractivity contribution in [1.82, 2.24) is 5.32 Å². The summed E-state index contributed by atoms with van der Waals surface area (Å²) in [5, 5.41) is 7.64. The summed E-state index contributed by atoms with van der Waals surface area (Å²) >= 11 is 1.68. The molecule has 0 spiro atoms. The summed E-state index contributed by atoms with van der Waals surface area (Å²) in [4.78, 5) is 11.6. The van der Waals surface area contributed by atoms with Gasteiger partial charge in [-0.25, -0.2) is 13.6 Å². The molecule has 16 heavy (non-hydrogen) atoms.